The van der Waals surface area contributed by atoms with E-state index in [1.807, 2.05) is 6.92 Å². The van der Waals surface area contributed by atoms with Crippen molar-refractivity contribution in [2.45, 2.75) is 32.2 Å². The Kier molecular flexibility index (Phi) is 4.41. The van der Waals surface area contributed by atoms with Crippen LogP contribution in [0.4, 0.5) is 10.1 Å². The molecule has 0 amide bonds. The maximum atomic E-state index is 13.3. The Morgan fingerprint density at radius 3 is 2.80 bits per heavy atom. The molecule has 1 saturated heterocycles. The molecule has 1 aliphatic rings. The predicted octanol–water partition coefficient (Wildman–Crippen LogP) is 2.72. The molecule has 5 nitrogen and oxygen atoms in total. The first-order valence-electron chi connectivity index (χ1n) is 6.29. The number of phenolic OH excluding ortho intramolecular Hbond substituents is 1. The van der Waals surface area contributed by atoms with E-state index in [-0.39, 0.29) is 16.8 Å². The highest BCUT2D eigenvalue weighted by atomic mass is 35.5. The quantitative estimate of drug-likeness (QED) is 0.841. The third-order valence-electron chi connectivity index (χ3n) is 3.32. The van der Waals surface area contributed by atoms with Crippen LogP contribution in [0.15, 0.2) is 12.1 Å². The van der Waals surface area contributed by atoms with Gasteiger partial charge >= 0.3 is 10.2 Å². The minimum absolute atomic E-state index is 0.132. The van der Waals surface area contributed by atoms with Gasteiger partial charge in [0.2, 0.25) is 0 Å². The third-order valence-corrected chi connectivity index (χ3v) is 5.24. The fourth-order valence-corrected chi connectivity index (χ4v) is 3.98. The highest BCUT2D eigenvalue weighted by Crippen LogP contribution is 2.34. The molecule has 20 heavy (non-hydrogen) atoms. The van der Waals surface area contributed by atoms with E-state index in [1.165, 1.54) is 4.31 Å². The molecule has 0 radical (unpaired) electrons. The Morgan fingerprint density at radius 1 is 1.45 bits per heavy atom. The van der Waals surface area contributed by atoms with Gasteiger partial charge in [0.25, 0.3) is 0 Å². The molecular weight excluding hydrogens is 307 g/mol. The van der Waals surface area contributed by atoms with E-state index < -0.39 is 21.8 Å². The first-order chi connectivity index (χ1) is 9.31. The lowest BCUT2D eigenvalue weighted by Crippen LogP contribution is -2.44. The van der Waals surface area contributed by atoms with Gasteiger partial charge in [-0.05, 0) is 25.8 Å². The van der Waals surface area contributed by atoms with Gasteiger partial charge in [0, 0.05) is 18.7 Å². The van der Waals surface area contributed by atoms with Crippen molar-refractivity contribution in [2.75, 3.05) is 11.3 Å². The number of phenols is 1. The van der Waals surface area contributed by atoms with Gasteiger partial charge in [-0.3, -0.25) is 4.72 Å². The Morgan fingerprint density at radius 2 is 2.15 bits per heavy atom. The second kappa shape index (κ2) is 5.75. The molecule has 1 aromatic carbocycles. The second-order valence-electron chi connectivity index (χ2n) is 4.85. The smallest absolute Gasteiger partial charge is 0.302 e. The topological polar surface area (TPSA) is 69.6 Å². The Labute approximate surface area is 122 Å². The van der Waals surface area contributed by atoms with Gasteiger partial charge in [-0.25, -0.2) is 4.39 Å². The van der Waals surface area contributed by atoms with Crippen LogP contribution in [0.1, 0.15) is 26.2 Å². The van der Waals surface area contributed by atoms with Gasteiger partial charge < -0.3 is 5.11 Å². The van der Waals surface area contributed by atoms with Crippen molar-refractivity contribution < 1.29 is 17.9 Å². The molecule has 1 aliphatic heterocycles. The average molecular weight is 323 g/mol. The van der Waals surface area contributed by atoms with E-state index in [9.17, 15) is 17.9 Å². The SMILES string of the molecule is CC1CCCCN1S(=O)(=O)Nc1cc(F)cc(Cl)c1O. The molecule has 1 atom stereocenters. The zero-order chi connectivity index (χ0) is 14.9. The van der Waals surface area contributed by atoms with Crippen LogP contribution in [0.3, 0.4) is 0 Å². The van der Waals surface area contributed by atoms with Crippen LogP contribution in [0.5, 0.6) is 5.75 Å². The molecule has 0 aromatic heterocycles. The molecule has 2 rings (SSSR count). The van der Waals surface area contributed by atoms with E-state index in [2.05, 4.69) is 4.72 Å². The van der Waals surface area contributed by atoms with Gasteiger partial charge in [-0.1, -0.05) is 18.0 Å². The number of nitrogens with one attached hydrogen (secondary N) is 1. The van der Waals surface area contributed by atoms with Crippen molar-refractivity contribution in [3.8, 4) is 5.75 Å². The lowest BCUT2D eigenvalue weighted by atomic mass is 10.1. The first-order valence-corrected chi connectivity index (χ1v) is 8.10. The van der Waals surface area contributed by atoms with Crippen LogP contribution in [0.25, 0.3) is 0 Å². The highest BCUT2D eigenvalue weighted by molar-refractivity contribution is 7.90. The lowest BCUT2D eigenvalue weighted by molar-refractivity contribution is 0.270. The molecule has 1 fully saturated rings. The summed E-state index contributed by atoms with van der Waals surface area (Å²) in [6.07, 6.45) is 2.53. The number of hydrogen-bond acceptors (Lipinski definition) is 3. The summed E-state index contributed by atoms with van der Waals surface area (Å²) in [5, 5.41) is 9.46. The van der Waals surface area contributed by atoms with E-state index in [0.717, 1.165) is 31.4 Å². The molecule has 0 bridgehead atoms. The van der Waals surface area contributed by atoms with Crippen molar-refractivity contribution in [3.05, 3.63) is 23.0 Å². The zero-order valence-corrected chi connectivity index (χ0v) is 12.5. The van der Waals surface area contributed by atoms with E-state index >= 15 is 0 Å². The van der Waals surface area contributed by atoms with Gasteiger partial charge in [-0.15, -0.1) is 0 Å². The average Bonchev–Trinajstić information content (AvgIpc) is 2.35. The maximum Gasteiger partial charge on any atom is 0.302 e. The summed E-state index contributed by atoms with van der Waals surface area (Å²) in [4.78, 5) is 0. The van der Waals surface area contributed by atoms with Crippen LogP contribution < -0.4 is 4.72 Å². The van der Waals surface area contributed by atoms with Crippen LogP contribution >= 0.6 is 11.6 Å². The summed E-state index contributed by atoms with van der Waals surface area (Å²) in [5.41, 5.74) is -0.257. The molecule has 8 heteroatoms. The molecule has 112 valence electrons. The molecule has 0 spiro atoms. The van der Waals surface area contributed by atoms with E-state index in [1.54, 1.807) is 0 Å². The molecule has 1 aromatic rings. The number of aromatic hydroxyl groups is 1. The van der Waals surface area contributed by atoms with E-state index in [4.69, 9.17) is 11.6 Å². The fraction of sp³-hybridized carbons (Fsp3) is 0.500. The van der Waals surface area contributed by atoms with Crippen molar-refractivity contribution >= 4 is 27.5 Å². The van der Waals surface area contributed by atoms with Crippen molar-refractivity contribution in [1.29, 1.82) is 0 Å². The Hall–Kier alpha value is -1.05. The minimum atomic E-state index is -3.84. The number of nitrogens with zero attached hydrogens (tertiary/aromatic N) is 1. The summed E-state index contributed by atoms with van der Waals surface area (Å²) in [6, 6.07) is 1.68. The number of benzene rings is 1. The summed E-state index contributed by atoms with van der Waals surface area (Å²) >= 11 is 5.62. The van der Waals surface area contributed by atoms with Crippen LogP contribution in [-0.2, 0) is 10.2 Å². The van der Waals surface area contributed by atoms with Gasteiger partial charge in [0.1, 0.15) is 5.82 Å². The number of halogens is 2. The first kappa shape index (κ1) is 15.3. The third kappa shape index (κ3) is 3.16. The monoisotopic (exact) mass is 322 g/mol. The molecule has 1 unspecified atom stereocenters. The number of anilines is 1. The van der Waals surface area contributed by atoms with Gasteiger partial charge in [0.15, 0.2) is 5.75 Å². The number of hydrogen-bond donors (Lipinski definition) is 2. The molecular formula is C12H16ClFN2O3S. The minimum Gasteiger partial charge on any atom is -0.504 e. The van der Waals surface area contributed by atoms with Crippen LogP contribution in [0.2, 0.25) is 5.02 Å². The van der Waals surface area contributed by atoms with E-state index in [0.29, 0.717) is 6.54 Å². The molecule has 0 aliphatic carbocycles. The molecule has 2 N–H and O–H groups in total. The Bertz CT molecular complexity index is 609. The second-order valence-corrected chi connectivity index (χ2v) is 6.88. The van der Waals surface area contributed by atoms with Crippen molar-refractivity contribution in [2.24, 2.45) is 0 Å². The summed E-state index contributed by atoms with van der Waals surface area (Å²) in [6.45, 7) is 2.22. The number of piperidine rings is 1. The fourth-order valence-electron chi connectivity index (χ4n) is 2.27. The van der Waals surface area contributed by atoms with Gasteiger partial charge in [-0.2, -0.15) is 12.7 Å². The predicted molar refractivity (Wildman–Crippen MR) is 75.6 cm³/mol. The molecule has 1 heterocycles. The van der Waals surface area contributed by atoms with Crippen LogP contribution in [-0.4, -0.2) is 30.4 Å². The van der Waals surface area contributed by atoms with Crippen LogP contribution in [0, 0.1) is 5.82 Å². The Balaban J connectivity index is 2.28. The van der Waals surface area contributed by atoms with Gasteiger partial charge in [0.05, 0.1) is 10.7 Å². The lowest BCUT2D eigenvalue weighted by Gasteiger charge is -2.32. The standard InChI is InChI=1S/C12H16ClFN2O3S/c1-8-4-2-3-5-16(8)20(18,19)15-11-7-9(14)6-10(13)12(11)17/h6-8,15,17H,2-5H2,1H3. The number of rotatable bonds is 3. The summed E-state index contributed by atoms with van der Waals surface area (Å²) in [7, 11) is -3.84. The highest BCUT2D eigenvalue weighted by Gasteiger charge is 2.30. The van der Waals surface area contributed by atoms with Crippen molar-refractivity contribution in [1.82, 2.24) is 4.31 Å². The summed E-state index contributed by atoms with van der Waals surface area (Å²) in [5.74, 6) is -1.21. The largest absolute Gasteiger partial charge is 0.504 e. The summed E-state index contributed by atoms with van der Waals surface area (Å²) < 4.78 is 41.3. The zero-order valence-electron chi connectivity index (χ0n) is 10.9. The maximum absolute atomic E-state index is 13.3. The normalized spacial score (nSPS) is 20.9. The molecule has 0 saturated carbocycles. The van der Waals surface area contributed by atoms with Crippen molar-refractivity contribution in [3.63, 3.8) is 0 Å².